The highest BCUT2D eigenvalue weighted by atomic mass is 32.1. The minimum atomic E-state index is -0.291. The maximum atomic E-state index is 12.8. The molecule has 0 unspecified atom stereocenters. The molecule has 0 radical (unpaired) electrons. The SMILES string of the molecule is Cc1nn(C)c(C)c1NC(=O)Cn1cnc2sc(-c3ccccc3)cc2c1=O. The highest BCUT2D eigenvalue weighted by Gasteiger charge is 2.15. The Balaban J connectivity index is 1.61. The standard InChI is InChI=1S/C20H19N5O2S/c1-12-18(13(2)24(3)23-12)22-17(26)10-25-11-21-19-15(20(25)27)9-16(28-19)14-7-5-4-6-8-14/h4-9,11H,10H2,1-3H3,(H,22,26). The molecule has 0 saturated heterocycles. The molecule has 4 aromatic rings. The van der Waals surface area contributed by atoms with Gasteiger partial charge >= 0.3 is 0 Å². The van der Waals surface area contributed by atoms with Crippen LogP contribution in [0.2, 0.25) is 0 Å². The van der Waals surface area contributed by atoms with Crippen molar-refractivity contribution in [3.63, 3.8) is 0 Å². The summed E-state index contributed by atoms with van der Waals surface area (Å²) in [7, 11) is 1.82. The topological polar surface area (TPSA) is 81.8 Å². The number of benzene rings is 1. The number of nitrogens with one attached hydrogen (secondary N) is 1. The van der Waals surface area contributed by atoms with E-state index in [9.17, 15) is 9.59 Å². The Morgan fingerprint density at radius 3 is 2.64 bits per heavy atom. The van der Waals surface area contributed by atoms with E-state index in [0.29, 0.717) is 15.9 Å². The van der Waals surface area contributed by atoms with Crippen LogP contribution in [0.5, 0.6) is 0 Å². The fraction of sp³-hybridized carbons (Fsp3) is 0.200. The first-order valence-corrected chi connectivity index (χ1v) is 9.60. The van der Waals surface area contributed by atoms with Crippen LogP contribution < -0.4 is 10.9 Å². The number of hydrogen-bond acceptors (Lipinski definition) is 5. The van der Waals surface area contributed by atoms with Gasteiger partial charge in [-0.1, -0.05) is 30.3 Å². The molecule has 4 rings (SSSR count). The minimum absolute atomic E-state index is 0.105. The lowest BCUT2D eigenvalue weighted by Gasteiger charge is -2.07. The zero-order valence-corrected chi connectivity index (χ0v) is 16.6. The van der Waals surface area contributed by atoms with E-state index in [1.54, 1.807) is 4.68 Å². The van der Waals surface area contributed by atoms with Crippen LogP contribution >= 0.6 is 11.3 Å². The van der Waals surface area contributed by atoms with Crippen molar-refractivity contribution in [3.8, 4) is 10.4 Å². The van der Waals surface area contributed by atoms with Crippen LogP contribution in [-0.4, -0.2) is 25.2 Å². The van der Waals surface area contributed by atoms with Gasteiger partial charge < -0.3 is 5.32 Å². The third-order valence-electron chi connectivity index (χ3n) is 4.66. The van der Waals surface area contributed by atoms with E-state index < -0.39 is 0 Å². The summed E-state index contributed by atoms with van der Waals surface area (Å²) >= 11 is 1.47. The molecular formula is C20H19N5O2S. The van der Waals surface area contributed by atoms with Gasteiger partial charge in [0, 0.05) is 11.9 Å². The van der Waals surface area contributed by atoms with Crippen molar-refractivity contribution in [2.75, 3.05) is 5.32 Å². The monoisotopic (exact) mass is 393 g/mol. The Morgan fingerprint density at radius 1 is 1.21 bits per heavy atom. The minimum Gasteiger partial charge on any atom is -0.321 e. The van der Waals surface area contributed by atoms with Crippen LogP contribution in [0.15, 0.2) is 47.5 Å². The van der Waals surface area contributed by atoms with Gasteiger partial charge in [0.15, 0.2) is 0 Å². The van der Waals surface area contributed by atoms with Crippen LogP contribution in [0, 0.1) is 13.8 Å². The predicted octanol–water partition coefficient (Wildman–Crippen LogP) is 3.11. The van der Waals surface area contributed by atoms with E-state index in [2.05, 4.69) is 15.4 Å². The first-order chi connectivity index (χ1) is 13.4. The van der Waals surface area contributed by atoms with Gasteiger partial charge in [-0.25, -0.2) is 4.98 Å². The largest absolute Gasteiger partial charge is 0.321 e. The molecule has 0 fully saturated rings. The summed E-state index contributed by atoms with van der Waals surface area (Å²) in [6.45, 7) is 3.61. The summed E-state index contributed by atoms with van der Waals surface area (Å²) < 4.78 is 3.04. The lowest BCUT2D eigenvalue weighted by Crippen LogP contribution is -2.27. The molecular weight excluding hydrogens is 374 g/mol. The highest BCUT2D eigenvalue weighted by molar-refractivity contribution is 7.21. The third-order valence-corrected chi connectivity index (χ3v) is 5.76. The van der Waals surface area contributed by atoms with Gasteiger partial charge in [-0.3, -0.25) is 18.8 Å². The number of thiophene rings is 1. The molecule has 7 nitrogen and oxygen atoms in total. The second-order valence-electron chi connectivity index (χ2n) is 6.59. The maximum Gasteiger partial charge on any atom is 0.262 e. The zero-order valence-electron chi connectivity index (χ0n) is 15.8. The number of aryl methyl sites for hydroxylation is 2. The Bertz CT molecular complexity index is 1240. The van der Waals surface area contributed by atoms with Gasteiger partial charge in [0.25, 0.3) is 5.56 Å². The molecule has 1 amide bonds. The van der Waals surface area contributed by atoms with E-state index in [4.69, 9.17) is 0 Å². The molecule has 1 aromatic carbocycles. The van der Waals surface area contributed by atoms with Crippen molar-refractivity contribution >= 4 is 33.1 Å². The molecule has 0 saturated carbocycles. The summed E-state index contributed by atoms with van der Waals surface area (Å²) in [5.74, 6) is -0.291. The number of fused-ring (bicyclic) bond motifs is 1. The average Bonchev–Trinajstić information content (AvgIpc) is 3.22. The first kappa shape index (κ1) is 18.1. The fourth-order valence-corrected chi connectivity index (χ4v) is 4.10. The molecule has 3 aromatic heterocycles. The number of rotatable bonds is 4. The van der Waals surface area contributed by atoms with Gasteiger partial charge in [0.1, 0.15) is 11.4 Å². The van der Waals surface area contributed by atoms with Crippen LogP contribution in [0.25, 0.3) is 20.7 Å². The Labute approximate surface area is 165 Å². The quantitative estimate of drug-likeness (QED) is 0.578. The molecule has 0 spiro atoms. The molecule has 3 heterocycles. The van der Waals surface area contributed by atoms with Gasteiger partial charge in [-0.05, 0) is 25.5 Å². The number of hydrogen-bond donors (Lipinski definition) is 1. The van der Waals surface area contributed by atoms with E-state index in [0.717, 1.165) is 21.8 Å². The highest BCUT2D eigenvalue weighted by Crippen LogP contribution is 2.30. The Morgan fingerprint density at radius 2 is 1.96 bits per heavy atom. The second kappa shape index (κ2) is 7.05. The Kier molecular flexibility index (Phi) is 4.56. The van der Waals surface area contributed by atoms with Crippen LogP contribution in [-0.2, 0) is 18.4 Å². The lowest BCUT2D eigenvalue weighted by molar-refractivity contribution is -0.116. The molecule has 8 heteroatoms. The van der Waals surface area contributed by atoms with Crippen molar-refractivity contribution in [2.24, 2.45) is 7.05 Å². The summed E-state index contributed by atoms with van der Waals surface area (Å²) in [5.41, 5.74) is 3.09. The van der Waals surface area contributed by atoms with Crippen molar-refractivity contribution in [2.45, 2.75) is 20.4 Å². The summed E-state index contributed by atoms with van der Waals surface area (Å²) in [5, 5.41) is 7.65. The van der Waals surface area contributed by atoms with Crippen LogP contribution in [0.3, 0.4) is 0 Å². The van der Waals surface area contributed by atoms with Crippen molar-refractivity contribution in [3.05, 3.63) is 64.5 Å². The van der Waals surface area contributed by atoms with E-state index >= 15 is 0 Å². The van der Waals surface area contributed by atoms with E-state index in [-0.39, 0.29) is 18.0 Å². The Hall–Kier alpha value is -3.26. The normalized spacial score (nSPS) is 11.1. The number of anilines is 1. The zero-order chi connectivity index (χ0) is 19.8. The third kappa shape index (κ3) is 3.22. The molecule has 1 N–H and O–H groups in total. The van der Waals surface area contributed by atoms with Gasteiger partial charge in [-0.15, -0.1) is 11.3 Å². The molecule has 0 aliphatic heterocycles. The van der Waals surface area contributed by atoms with Gasteiger partial charge in [0.2, 0.25) is 5.91 Å². The summed E-state index contributed by atoms with van der Waals surface area (Å²) in [6, 6.07) is 11.7. The van der Waals surface area contributed by atoms with Crippen molar-refractivity contribution < 1.29 is 4.79 Å². The van der Waals surface area contributed by atoms with Crippen LogP contribution in [0.4, 0.5) is 5.69 Å². The number of carbonyl (C=O) groups excluding carboxylic acids is 1. The number of amides is 1. The number of aromatic nitrogens is 4. The van der Waals surface area contributed by atoms with Crippen molar-refractivity contribution in [1.29, 1.82) is 0 Å². The number of nitrogens with zero attached hydrogens (tertiary/aromatic N) is 4. The molecule has 0 aliphatic rings. The average molecular weight is 393 g/mol. The van der Waals surface area contributed by atoms with Crippen molar-refractivity contribution in [1.82, 2.24) is 19.3 Å². The predicted molar refractivity (Wildman–Crippen MR) is 111 cm³/mol. The smallest absolute Gasteiger partial charge is 0.262 e. The van der Waals surface area contributed by atoms with Gasteiger partial charge in [0.05, 0.1) is 28.8 Å². The maximum absolute atomic E-state index is 12.8. The van der Waals surface area contributed by atoms with Gasteiger partial charge in [-0.2, -0.15) is 5.10 Å². The molecule has 0 aliphatic carbocycles. The number of carbonyl (C=O) groups is 1. The van der Waals surface area contributed by atoms with E-state index in [1.807, 2.05) is 57.3 Å². The van der Waals surface area contributed by atoms with Crippen LogP contribution in [0.1, 0.15) is 11.4 Å². The summed E-state index contributed by atoms with van der Waals surface area (Å²) in [4.78, 5) is 31.3. The fourth-order valence-electron chi connectivity index (χ4n) is 3.11. The molecule has 0 atom stereocenters. The van der Waals surface area contributed by atoms with E-state index in [1.165, 1.54) is 22.2 Å². The first-order valence-electron chi connectivity index (χ1n) is 8.78. The lowest BCUT2D eigenvalue weighted by atomic mass is 10.2. The molecule has 0 bridgehead atoms. The second-order valence-corrected chi connectivity index (χ2v) is 7.62. The molecule has 28 heavy (non-hydrogen) atoms. The molecule has 142 valence electrons. The summed E-state index contributed by atoms with van der Waals surface area (Å²) in [6.07, 6.45) is 1.43.